The van der Waals surface area contributed by atoms with Crippen molar-refractivity contribution in [2.75, 3.05) is 37.4 Å². The van der Waals surface area contributed by atoms with Crippen molar-refractivity contribution in [1.29, 1.82) is 0 Å². The minimum atomic E-state index is -0.576. The molecule has 1 saturated heterocycles. The highest BCUT2D eigenvalue weighted by molar-refractivity contribution is 5.75. The molecule has 1 atom stereocenters. The predicted octanol–water partition coefficient (Wildman–Crippen LogP) is -0.563. The van der Waals surface area contributed by atoms with Crippen molar-refractivity contribution in [3.8, 4) is 0 Å². The Labute approximate surface area is 98.5 Å². The summed E-state index contributed by atoms with van der Waals surface area (Å²) in [4.78, 5) is 21.4. The van der Waals surface area contributed by atoms with Crippen LogP contribution in [0.25, 0.3) is 0 Å². The average Bonchev–Trinajstić information content (AvgIpc) is 2.39. The highest BCUT2D eigenvalue weighted by Gasteiger charge is 2.28. The van der Waals surface area contributed by atoms with Crippen LogP contribution in [0.4, 0.5) is 11.6 Å². The number of ether oxygens (including phenoxy) is 2. The van der Waals surface area contributed by atoms with E-state index in [2.05, 4.69) is 14.7 Å². The number of hydrogen-bond acceptors (Lipinski definition) is 7. The lowest BCUT2D eigenvalue weighted by atomic mass is 10.3. The molecule has 7 nitrogen and oxygen atoms in total. The van der Waals surface area contributed by atoms with Crippen LogP contribution in [0.3, 0.4) is 0 Å². The van der Waals surface area contributed by atoms with E-state index in [9.17, 15) is 4.79 Å². The minimum absolute atomic E-state index is 0.367. The van der Waals surface area contributed by atoms with Crippen LogP contribution >= 0.6 is 0 Å². The van der Waals surface area contributed by atoms with E-state index in [4.69, 9.17) is 10.5 Å². The third-order valence-electron chi connectivity index (χ3n) is 2.51. The molecule has 0 aliphatic carbocycles. The summed E-state index contributed by atoms with van der Waals surface area (Å²) in [5.41, 5.74) is 5.46. The van der Waals surface area contributed by atoms with Gasteiger partial charge in [-0.05, 0) is 0 Å². The zero-order chi connectivity index (χ0) is 12.3. The number of morpholine rings is 1. The fraction of sp³-hybridized carbons (Fsp3) is 0.500. The van der Waals surface area contributed by atoms with Gasteiger partial charge >= 0.3 is 5.97 Å². The summed E-state index contributed by atoms with van der Waals surface area (Å²) in [6.45, 7) is 1.52. The zero-order valence-electron chi connectivity index (χ0n) is 9.50. The van der Waals surface area contributed by atoms with Gasteiger partial charge in [0.1, 0.15) is 11.6 Å². The normalized spacial score (nSPS) is 20.1. The fourth-order valence-electron chi connectivity index (χ4n) is 1.63. The molecule has 2 heterocycles. The summed E-state index contributed by atoms with van der Waals surface area (Å²) in [7, 11) is 1.34. The molecule has 1 aliphatic rings. The van der Waals surface area contributed by atoms with Crippen molar-refractivity contribution in [2.24, 2.45) is 0 Å². The molecular weight excluding hydrogens is 224 g/mol. The molecule has 1 aliphatic heterocycles. The Balaban J connectivity index is 2.06. The largest absolute Gasteiger partial charge is 0.467 e. The van der Waals surface area contributed by atoms with E-state index in [0.717, 1.165) is 0 Å². The fourth-order valence-corrected chi connectivity index (χ4v) is 1.63. The number of anilines is 2. The van der Waals surface area contributed by atoms with Gasteiger partial charge in [-0.1, -0.05) is 0 Å². The number of hydrogen-bond donors (Lipinski definition) is 1. The van der Waals surface area contributed by atoms with Crippen LogP contribution in [-0.4, -0.2) is 48.8 Å². The van der Waals surface area contributed by atoms with Gasteiger partial charge < -0.3 is 20.1 Å². The second-order valence-electron chi connectivity index (χ2n) is 3.63. The van der Waals surface area contributed by atoms with Crippen molar-refractivity contribution < 1.29 is 14.3 Å². The summed E-state index contributed by atoms with van der Waals surface area (Å²) in [5.74, 6) is 0.668. The smallest absolute Gasteiger partial charge is 0.336 e. The van der Waals surface area contributed by atoms with E-state index in [1.165, 1.54) is 13.3 Å². The van der Waals surface area contributed by atoms with Gasteiger partial charge in [0.05, 0.1) is 32.7 Å². The van der Waals surface area contributed by atoms with Gasteiger partial charge in [-0.15, -0.1) is 0 Å². The number of nitrogen functional groups attached to an aromatic ring is 1. The van der Waals surface area contributed by atoms with Crippen molar-refractivity contribution in [3.05, 3.63) is 12.4 Å². The Hall–Kier alpha value is -1.89. The Morgan fingerprint density at radius 2 is 2.41 bits per heavy atom. The van der Waals surface area contributed by atoms with Gasteiger partial charge in [0, 0.05) is 6.54 Å². The van der Waals surface area contributed by atoms with E-state index in [0.29, 0.717) is 31.3 Å². The van der Waals surface area contributed by atoms with E-state index >= 15 is 0 Å². The molecule has 7 heteroatoms. The van der Waals surface area contributed by atoms with Gasteiger partial charge in [0.2, 0.25) is 0 Å². The molecule has 2 N–H and O–H groups in total. The van der Waals surface area contributed by atoms with Gasteiger partial charge in [0.15, 0.2) is 6.10 Å². The number of carbonyl (C=O) groups is 1. The first-order valence-electron chi connectivity index (χ1n) is 5.22. The topological polar surface area (TPSA) is 90.6 Å². The maximum absolute atomic E-state index is 11.4. The number of esters is 1. The molecule has 0 radical (unpaired) electrons. The van der Waals surface area contributed by atoms with Crippen LogP contribution in [0.5, 0.6) is 0 Å². The van der Waals surface area contributed by atoms with E-state index in [-0.39, 0.29) is 5.97 Å². The Kier molecular flexibility index (Phi) is 3.38. The lowest BCUT2D eigenvalue weighted by Gasteiger charge is -2.31. The maximum Gasteiger partial charge on any atom is 0.336 e. The first kappa shape index (κ1) is 11.6. The third-order valence-corrected chi connectivity index (χ3v) is 2.51. The average molecular weight is 238 g/mol. The molecule has 0 bridgehead atoms. The predicted molar refractivity (Wildman–Crippen MR) is 60.4 cm³/mol. The quantitative estimate of drug-likeness (QED) is 0.690. The SMILES string of the molecule is COC(=O)C1CN(c2cnc(N)cn2)CCO1. The molecular formula is C10H14N4O3. The first-order chi connectivity index (χ1) is 8.20. The van der Waals surface area contributed by atoms with Crippen molar-refractivity contribution >= 4 is 17.6 Å². The number of methoxy groups -OCH3 is 1. The standard InChI is InChI=1S/C10H14N4O3/c1-16-10(15)7-6-14(2-3-17-7)9-5-12-8(11)4-13-9/h4-5,7H,2-3,6H2,1H3,(H2,11,12). The molecule has 92 valence electrons. The number of carbonyl (C=O) groups excluding carboxylic acids is 1. The van der Waals surface area contributed by atoms with E-state index in [1.807, 2.05) is 4.90 Å². The molecule has 0 aromatic carbocycles. The number of nitrogens with two attached hydrogens (primary N) is 1. The van der Waals surface area contributed by atoms with E-state index in [1.54, 1.807) is 6.20 Å². The molecule has 0 spiro atoms. The molecule has 1 fully saturated rings. The van der Waals surface area contributed by atoms with Gasteiger partial charge in [0.25, 0.3) is 0 Å². The molecule has 2 rings (SSSR count). The monoisotopic (exact) mass is 238 g/mol. The number of aromatic nitrogens is 2. The van der Waals surface area contributed by atoms with E-state index < -0.39 is 6.10 Å². The third kappa shape index (κ3) is 2.62. The molecule has 0 amide bonds. The zero-order valence-corrected chi connectivity index (χ0v) is 9.50. The molecule has 1 aromatic heterocycles. The molecule has 0 saturated carbocycles. The van der Waals surface area contributed by atoms with Crippen LogP contribution in [0, 0.1) is 0 Å². The summed E-state index contributed by atoms with van der Waals surface area (Å²) < 4.78 is 9.96. The summed E-state index contributed by atoms with van der Waals surface area (Å²) >= 11 is 0. The summed E-state index contributed by atoms with van der Waals surface area (Å²) in [6.07, 6.45) is 2.49. The highest BCUT2D eigenvalue weighted by Crippen LogP contribution is 2.15. The van der Waals surface area contributed by atoms with Crippen LogP contribution in [0.2, 0.25) is 0 Å². The number of rotatable bonds is 2. The van der Waals surface area contributed by atoms with Gasteiger partial charge in [-0.3, -0.25) is 0 Å². The molecule has 1 unspecified atom stereocenters. The highest BCUT2D eigenvalue weighted by atomic mass is 16.6. The number of nitrogens with zero attached hydrogens (tertiary/aromatic N) is 3. The molecule has 17 heavy (non-hydrogen) atoms. The van der Waals surface area contributed by atoms with Crippen molar-refractivity contribution in [2.45, 2.75) is 6.10 Å². The molecule has 1 aromatic rings. The van der Waals surface area contributed by atoms with Crippen molar-refractivity contribution in [1.82, 2.24) is 9.97 Å². The minimum Gasteiger partial charge on any atom is -0.467 e. The Bertz CT molecular complexity index is 395. The van der Waals surface area contributed by atoms with Gasteiger partial charge in [-0.25, -0.2) is 14.8 Å². The first-order valence-corrected chi connectivity index (χ1v) is 5.22. The maximum atomic E-state index is 11.4. The van der Waals surface area contributed by atoms with Gasteiger partial charge in [-0.2, -0.15) is 0 Å². The lowest BCUT2D eigenvalue weighted by Crippen LogP contribution is -2.46. The summed E-state index contributed by atoms with van der Waals surface area (Å²) in [5, 5.41) is 0. The van der Waals surface area contributed by atoms with Crippen molar-refractivity contribution in [3.63, 3.8) is 0 Å². The summed E-state index contributed by atoms with van der Waals surface area (Å²) in [6, 6.07) is 0. The van der Waals surface area contributed by atoms with Crippen LogP contribution < -0.4 is 10.6 Å². The lowest BCUT2D eigenvalue weighted by molar-refractivity contribution is -0.154. The second kappa shape index (κ2) is 4.96. The van der Waals surface area contributed by atoms with Crippen LogP contribution in [0.15, 0.2) is 12.4 Å². The second-order valence-corrected chi connectivity index (χ2v) is 3.63. The Morgan fingerprint density at radius 1 is 1.59 bits per heavy atom. The van der Waals surface area contributed by atoms with Crippen LogP contribution in [0.1, 0.15) is 0 Å². The van der Waals surface area contributed by atoms with Crippen LogP contribution in [-0.2, 0) is 14.3 Å². The Morgan fingerprint density at radius 3 is 3.06 bits per heavy atom.